The minimum absolute atomic E-state index is 0.221. The van der Waals surface area contributed by atoms with Crippen molar-refractivity contribution in [3.05, 3.63) is 29.3 Å². The van der Waals surface area contributed by atoms with Crippen LogP contribution in [0.5, 0.6) is 5.75 Å². The van der Waals surface area contributed by atoms with E-state index in [9.17, 15) is 0 Å². The summed E-state index contributed by atoms with van der Waals surface area (Å²) in [4.78, 5) is 0. The van der Waals surface area contributed by atoms with E-state index in [0.717, 1.165) is 12.3 Å². The molecule has 0 spiro atoms. The summed E-state index contributed by atoms with van der Waals surface area (Å²) in [5.41, 5.74) is 8.55. The lowest BCUT2D eigenvalue weighted by Gasteiger charge is -2.17. The summed E-state index contributed by atoms with van der Waals surface area (Å²) in [6.45, 7) is 2.81. The molecule has 1 fully saturated rings. The van der Waals surface area contributed by atoms with Crippen molar-refractivity contribution >= 4 is 0 Å². The van der Waals surface area contributed by atoms with Crippen molar-refractivity contribution in [3.8, 4) is 5.75 Å². The fourth-order valence-electron chi connectivity index (χ4n) is 1.97. The van der Waals surface area contributed by atoms with E-state index in [0.29, 0.717) is 0 Å². The van der Waals surface area contributed by atoms with Crippen LogP contribution in [0.1, 0.15) is 24.0 Å². The molecule has 0 aliphatic heterocycles. The van der Waals surface area contributed by atoms with Crippen LogP contribution >= 0.6 is 0 Å². The van der Waals surface area contributed by atoms with Gasteiger partial charge in [0, 0.05) is 17.5 Å². The number of benzene rings is 1. The average molecular weight is 191 g/mol. The van der Waals surface area contributed by atoms with Crippen LogP contribution < -0.4 is 10.5 Å². The second kappa shape index (κ2) is 3.28. The Balaban J connectivity index is 2.42. The van der Waals surface area contributed by atoms with Gasteiger partial charge < -0.3 is 10.5 Å². The minimum Gasteiger partial charge on any atom is -0.496 e. The Morgan fingerprint density at radius 3 is 2.64 bits per heavy atom. The lowest BCUT2D eigenvalue weighted by Crippen LogP contribution is -2.20. The highest BCUT2D eigenvalue weighted by Crippen LogP contribution is 2.50. The van der Waals surface area contributed by atoms with E-state index in [1.54, 1.807) is 7.11 Å². The summed E-state index contributed by atoms with van der Waals surface area (Å²) in [5.74, 6) is 0.993. The number of rotatable bonds is 3. The zero-order valence-electron chi connectivity index (χ0n) is 8.84. The molecule has 2 nitrogen and oxygen atoms in total. The fraction of sp³-hybridized carbons (Fsp3) is 0.500. The van der Waals surface area contributed by atoms with E-state index in [1.165, 1.54) is 24.0 Å². The molecule has 2 heteroatoms. The highest BCUT2D eigenvalue weighted by molar-refractivity contribution is 5.45. The first-order valence-corrected chi connectivity index (χ1v) is 5.07. The zero-order chi connectivity index (χ0) is 10.2. The van der Waals surface area contributed by atoms with Gasteiger partial charge in [0.25, 0.3) is 0 Å². The van der Waals surface area contributed by atoms with Gasteiger partial charge in [-0.15, -0.1) is 0 Å². The molecule has 76 valence electrons. The van der Waals surface area contributed by atoms with Gasteiger partial charge in [-0.1, -0.05) is 12.1 Å². The lowest BCUT2D eigenvalue weighted by molar-refractivity contribution is 0.404. The van der Waals surface area contributed by atoms with Crippen LogP contribution in [0.3, 0.4) is 0 Å². The zero-order valence-corrected chi connectivity index (χ0v) is 8.84. The van der Waals surface area contributed by atoms with Gasteiger partial charge in [0.2, 0.25) is 0 Å². The Morgan fingerprint density at radius 1 is 1.43 bits per heavy atom. The Labute approximate surface area is 85.1 Å². The molecule has 0 bridgehead atoms. The molecule has 0 unspecified atom stereocenters. The number of aryl methyl sites for hydroxylation is 1. The van der Waals surface area contributed by atoms with Crippen molar-refractivity contribution in [1.82, 2.24) is 0 Å². The molecule has 0 saturated heterocycles. The Bertz CT molecular complexity index is 342. The summed E-state index contributed by atoms with van der Waals surface area (Å²) >= 11 is 0. The molecule has 0 heterocycles. The number of nitrogens with two attached hydrogens (primary N) is 1. The second-order valence-corrected chi connectivity index (χ2v) is 4.19. The molecule has 1 aromatic rings. The molecule has 14 heavy (non-hydrogen) atoms. The largest absolute Gasteiger partial charge is 0.496 e. The van der Waals surface area contributed by atoms with Crippen LogP contribution in [0.2, 0.25) is 0 Å². The molecule has 0 atom stereocenters. The summed E-state index contributed by atoms with van der Waals surface area (Å²) < 4.78 is 5.40. The molecule has 0 amide bonds. The molecular weight excluding hydrogens is 174 g/mol. The van der Waals surface area contributed by atoms with Crippen LogP contribution in [0.4, 0.5) is 0 Å². The predicted octanol–water partition coefficient (Wildman–Crippen LogP) is 1.99. The summed E-state index contributed by atoms with van der Waals surface area (Å²) in [5, 5.41) is 0. The third-order valence-corrected chi connectivity index (χ3v) is 3.17. The van der Waals surface area contributed by atoms with Crippen molar-refractivity contribution in [2.45, 2.75) is 25.2 Å². The number of methoxy groups -OCH3 is 1. The fourth-order valence-corrected chi connectivity index (χ4v) is 1.97. The minimum atomic E-state index is 0.221. The molecule has 2 rings (SSSR count). The van der Waals surface area contributed by atoms with E-state index in [1.807, 2.05) is 0 Å². The molecule has 2 N–H and O–H groups in total. The maximum Gasteiger partial charge on any atom is 0.122 e. The van der Waals surface area contributed by atoms with Crippen LogP contribution in [0.15, 0.2) is 18.2 Å². The van der Waals surface area contributed by atoms with E-state index in [4.69, 9.17) is 10.5 Å². The highest BCUT2D eigenvalue weighted by Gasteiger charge is 2.44. The molecular formula is C12H17NO. The maximum atomic E-state index is 5.81. The van der Waals surface area contributed by atoms with Crippen molar-refractivity contribution in [1.29, 1.82) is 0 Å². The molecule has 1 aliphatic carbocycles. The third kappa shape index (κ3) is 1.40. The first-order chi connectivity index (χ1) is 6.72. The highest BCUT2D eigenvalue weighted by atomic mass is 16.5. The van der Waals surface area contributed by atoms with Gasteiger partial charge in [-0.2, -0.15) is 0 Å². The van der Waals surface area contributed by atoms with E-state index in [-0.39, 0.29) is 5.41 Å². The van der Waals surface area contributed by atoms with Crippen molar-refractivity contribution in [2.75, 3.05) is 13.7 Å². The first kappa shape index (κ1) is 9.53. The molecule has 1 aromatic carbocycles. The normalized spacial score (nSPS) is 17.9. The second-order valence-electron chi connectivity index (χ2n) is 4.19. The van der Waals surface area contributed by atoms with Crippen LogP contribution in [-0.4, -0.2) is 13.7 Å². The number of hydrogen-bond donors (Lipinski definition) is 1. The van der Waals surface area contributed by atoms with Gasteiger partial charge in [-0.3, -0.25) is 0 Å². The smallest absolute Gasteiger partial charge is 0.122 e. The van der Waals surface area contributed by atoms with E-state index >= 15 is 0 Å². The summed E-state index contributed by atoms with van der Waals surface area (Å²) in [6, 6.07) is 6.38. The monoisotopic (exact) mass is 191 g/mol. The Morgan fingerprint density at radius 2 is 2.14 bits per heavy atom. The van der Waals surface area contributed by atoms with Gasteiger partial charge in [0.1, 0.15) is 5.75 Å². The lowest BCUT2D eigenvalue weighted by atomic mass is 9.94. The topological polar surface area (TPSA) is 35.2 Å². The molecule has 1 saturated carbocycles. The van der Waals surface area contributed by atoms with Gasteiger partial charge >= 0.3 is 0 Å². The average Bonchev–Trinajstić information content (AvgIpc) is 2.98. The van der Waals surface area contributed by atoms with Crippen LogP contribution in [-0.2, 0) is 5.41 Å². The van der Waals surface area contributed by atoms with E-state index in [2.05, 4.69) is 25.1 Å². The number of hydrogen-bond acceptors (Lipinski definition) is 2. The van der Waals surface area contributed by atoms with E-state index < -0.39 is 0 Å². The van der Waals surface area contributed by atoms with Crippen molar-refractivity contribution in [3.63, 3.8) is 0 Å². The molecule has 1 aliphatic rings. The van der Waals surface area contributed by atoms with Gasteiger partial charge in [0.05, 0.1) is 7.11 Å². The van der Waals surface area contributed by atoms with Gasteiger partial charge in [0.15, 0.2) is 0 Å². The predicted molar refractivity (Wildman–Crippen MR) is 57.7 cm³/mol. The third-order valence-electron chi connectivity index (χ3n) is 3.17. The van der Waals surface area contributed by atoms with Gasteiger partial charge in [-0.05, 0) is 31.4 Å². The molecule has 0 aromatic heterocycles. The standard InChI is InChI=1S/C12H17NO/c1-9-3-4-10(11(7-9)14-2)12(8-13)5-6-12/h3-4,7H,5-6,8,13H2,1-2H3. The SMILES string of the molecule is COc1cc(C)ccc1C1(CN)CC1. The number of ether oxygens (including phenoxy) is 1. The first-order valence-electron chi connectivity index (χ1n) is 5.07. The summed E-state index contributed by atoms with van der Waals surface area (Å²) in [6.07, 6.45) is 2.39. The van der Waals surface area contributed by atoms with Crippen LogP contribution in [0, 0.1) is 6.92 Å². The van der Waals surface area contributed by atoms with Crippen LogP contribution in [0.25, 0.3) is 0 Å². The van der Waals surface area contributed by atoms with Crippen molar-refractivity contribution in [2.24, 2.45) is 5.73 Å². The Kier molecular flexibility index (Phi) is 2.23. The maximum absolute atomic E-state index is 5.81. The molecule has 0 radical (unpaired) electrons. The quantitative estimate of drug-likeness (QED) is 0.793. The van der Waals surface area contributed by atoms with Gasteiger partial charge in [-0.25, -0.2) is 0 Å². The summed E-state index contributed by atoms with van der Waals surface area (Å²) in [7, 11) is 1.73. The Hall–Kier alpha value is -1.02. The van der Waals surface area contributed by atoms with Crippen molar-refractivity contribution < 1.29 is 4.74 Å².